The first kappa shape index (κ1) is 14.6. The van der Waals surface area contributed by atoms with Crippen LogP contribution in [-0.2, 0) is 11.3 Å². The average molecular weight is 273 g/mol. The number of amides is 1. The lowest BCUT2D eigenvalue weighted by molar-refractivity contribution is -0.123. The molecule has 2 aromatic rings. The van der Waals surface area contributed by atoms with E-state index in [0.29, 0.717) is 12.5 Å². The number of aromatic amines is 1. The molecule has 0 spiro atoms. The number of carbonyl (C=O) groups excluding carboxylic acids is 1. The van der Waals surface area contributed by atoms with E-state index >= 15 is 0 Å². The summed E-state index contributed by atoms with van der Waals surface area (Å²) < 4.78 is 0. The van der Waals surface area contributed by atoms with Gasteiger partial charge in [-0.1, -0.05) is 32.0 Å². The van der Waals surface area contributed by atoms with Crippen LogP contribution in [0.25, 0.3) is 10.9 Å². The Balaban J connectivity index is 2.06. The molecule has 0 aliphatic heterocycles. The van der Waals surface area contributed by atoms with Gasteiger partial charge in [0.15, 0.2) is 0 Å². The van der Waals surface area contributed by atoms with E-state index in [4.69, 9.17) is 0 Å². The quantitative estimate of drug-likeness (QED) is 0.757. The van der Waals surface area contributed by atoms with Gasteiger partial charge in [0.05, 0.1) is 6.04 Å². The highest BCUT2D eigenvalue weighted by Gasteiger charge is 2.18. The van der Waals surface area contributed by atoms with Gasteiger partial charge in [0.2, 0.25) is 5.91 Å². The largest absolute Gasteiger partial charge is 0.361 e. The number of H-pyrrole nitrogens is 1. The minimum absolute atomic E-state index is 0.0542. The molecular formula is C16H23N3O. The summed E-state index contributed by atoms with van der Waals surface area (Å²) in [4.78, 5) is 15.1. The number of fused-ring (bicyclic) bond motifs is 1. The second kappa shape index (κ2) is 6.57. The molecule has 0 bridgehead atoms. The van der Waals surface area contributed by atoms with Crippen LogP contribution in [0.2, 0.25) is 0 Å². The summed E-state index contributed by atoms with van der Waals surface area (Å²) >= 11 is 0. The minimum Gasteiger partial charge on any atom is -0.361 e. The monoisotopic (exact) mass is 273 g/mol. The zero-order valence-corrected chi connectivity index (χ0v) is 12.4. The average Bonchev–Trinajstić information content (AvgIpc) is 2.85. The highest BCUT2D eigenvalue weighted by Crippen LogP contribution is 2.17. The topological polar surface area (TPSA) is 56.9 Å². The van der Waals surface area contributed by atoms with Gasteiger partial charge in [-0.15, -0.1) is 0 Å². The maximum atomic E-state index is 11.9. The molecule has 0 aliphatic rings. The van der Waals surface area contributed by atoms with Gasteiger partial charge in [-0.25, -0.2) is 0 Å². The Hall–Kier alpha value is -1.81. The molecule has 2 rings (SSSR count). The Kier molecular flexibility index (Phi) is 4.79. The third-order valence-corrected chi connectivity index (χ3v) is 3.48. The van der Waals surface area contributed by atoms with Crippen molar-refractivity contribution in [1.82, 2.24) is 15.6 Å². The summed E-state index contributed by atoms with van der Waals surface area (Å²) in [5.41, 5.74) is 2.32. The van der Waals surface area contributed by atoms with Crippen molar-refractivity contribution in [3.8, 4) is 0 Å². The van der Waals surface area contributed by atoms with Gasteiger partial charge >= 0.3 is 0 Å². The van der Waals surface area contributed by atoms with Crippen LogP contribution in [0, 0.1) is 5.92 Å². The van der Waals surface area contributed by atoms with Gasteiger partial charge in [0, 0.05) is 30.7 Å². The molecular weight excluding hydrogens is 250 g/mol. The molecule has 1 unspecified atom stereocenters. The van der Waals surface area contributed by atoms with E-state index < -0.39 is 0 Å². The third kappa shape index (κ3) is 3.39. The summed E-state index contributed by atoms with van der Waals surface area (Å²) in [6.45, 7) is 4.95. The number of benzene rings is 1. The molecule has 0 saturated carbocycles. The highest BCUT2D eigenvalue weighted by molar-refractivity contribution is 5.83. The van der Waals surface area contributed by atoms with E-state index in [1.807, 2.05) is 18.3 Å². The van der Waals surface area contributed by atoms with E-state index in [-0.39, 0.29) is 11.9 Å². The first-order valence-corrected chi connectivity index (χ1v) is 7.11. The van der Waals surface area contributed by atoms with Crippen molar-refractivity contribution in [2.75, 3.05) is 7.05 Å². The maximum Gasteiger partial charge on any atom is 0.236 e. The Labute approximate surface area is 120 Å². The van der Waals surface area contributed by atoms with Gasteiger partial charge in [-0.3, -0.25) is 4.79 Å². The number of carbonyl (C=O) groups is 1. The zero-order valence-electron chi connectivity index (χ0n) is 12.4. The van der Waals surface area contributed by atoms with Crippen LogP contribution in [-0.4, -0.2) is 24.0 Å². The Morgan fingerprint density at radius 1 is 1.30 bits per heavy atom. The van der Waals surface area contributed by atoms with Crippen LogP contribution in [0.15, 0.2) is 30.5 Å². The summed E-state index contributed by atoms with van der Waals surface area (Å²) in [5, 5.41) is 7.30. The second-order valence-electron chi connectivity index (χ2n) is 5.54. The van der Waals surface area contributed by atoms with Crippen molar-refractivity contribution in [3.63, 3.8) is 0 Å². The van der Waals surface area contributed by atoms with Crippen LogP contribution in [0.3, 0.4) is 0 Å². The number of likely N-dealkylation sites (N-methyl/N-ethyl adjacent to an activating group) is 1. The fourth-order valence-corrected chi connectivity index (χ4v) is 2.44. The molecule has 3 N–H and O–H groups in total. The summed E-state index contributed by atoms with van der Waals surface area (Å²) in [7, 11) is 1.68. The molecule has 4 nitrogen and oxygen atoms in total. The van der Waals surface area contributed by atoms with Crippen molar-refractivity contribution in [2.24, 2.45) is 5.92 Å². The maximum absolute atomic E-state index is 11.9. The molecule has 1 heterocycles. The molecule has 20 heavy (non-hydrogen) atoms. The lowest BCUT2D eigenvalue weighted by Gasteiger charge is -2.19. The van der Waals surface area contributed by atoms with Crippen molar-refractivity contribution in [2.45, 2.75) is 32.9 Å². The van der Waals surface area contributed by atoms with Crippen molar-refractivity contribution in [3.05, 3.63) is 36.0 Å². The first-order valence-electron chi connectivity index (χ1n) is 7.11. The summed E-state index contributed by atoms with van der Waals surface area (Å²) in [6, 6.07) is 8.06. The molecule has 1 amide bonds. The molecule has 1 aromatic carbocycles. The lowest BCUT2D eigenvalue weighted by atomic mass is 10.0. The standard InChI is InChI=1S/C16H23N3O/c1-11(2)8-15(16(20)17-3)19-10-12-9-18-14-7-5-4-6-13(12)14/h4-7,9,11,15,18-19H,8,10H2,1-3H3,(H,17,20). The number of hydrogen-bond donors (Lipinski definition) is 3. The Morgan fingerprint density at radius 2 is 2.05 bits per heavy atom. The number of hydrogen-bond acceptors (Lipinski definition) is 2. The number of para-hydroxylation sites is 1. The molecule has 0 radical (unpaired) electrons. The minimum atomic E-state index is -0.145. The van der Waals surface area contributed by atoms with Crippen molar-refractivity contribution >= 4 is 16.8 Å². The molecule has 0 aliphatic carbocycles. The van der Waals surface area contributed by atoms with E-state index in [1.54, 1.807) is 7.05 Å². The fraction of sp³-hybridized carbons (Fsp3) is 0.438. The van der Waals surface area contributed by atoms with E-state index in [2.05, 4.69) is 41.6 Å². The molecule has 108 valence electrons. The smallest absolute Gasteiger partial charge is 0.236 e. The summed E-state index contributed by atoms with van der Waals surface area (Å²) in [5.74, 6) is 0.534. The SMILES string of the molecule is CNC(=O)C(CC(C)C)NCc1c[nH]c2ccccc12. The van der Waals surface area contributed by atoms with Crippen LogP contribution < -0.4 is 10.6 Å². The van der Waals surface area contributed by atoms with Gasteiger partial charge in [-0.2, -0.15) is 0 Å². The lowest BCUT2D eigenvalue weighted by Crippen LogP contribution is -2.43. The van der Waals surface area contributed by atoms with Gasteiger partial charge in [0.1, 0.15) is 0 Å². The number of nitrogens with one attached hydrogen (secondary N) is 3. The van der Waals surface area contributed by atoms with Crippen LogP contribution in [0.1, 0.15) is 25.8 Å². The van der Waals surface area contributed by atoms with Gasteiger partial charge in [-0.05, 0) is 24.0 Å². The number of aromatic nitrogens is 1. The highest BCUT2D eigenvalue weighted by atomic mass is 16.2. The Morgan fingerprint density at radius 3 is 2.75 bits per heavy atom. The molecule has 1 aromatic heterocycles. The first-order chi connectivity index (χ1) is 9.61. The number of rotatable bonds is 6. The zero-order chi connectivity index (χ0) is 14.5. The van der Waals surface area contributed by atoms with Crippen LogP contribution in [0.5, 0.6) is 0 Å². The van der Waals surface area contributed by atoms with Gasteiger partial charge in [0.25, 0.3) is 0 Å². The van der Waals surface area contributed by atoms with E-state index in [0.717, 1.165) is 11.9 Å². The van der Waals surface area contributed by atoms with E-state index in [9.17, 15) is 4.79 Å². The van der Waals surface area contributed by atoms with E-state index in [1.165, 1.54) is 10.9 Å². The van der Waals surface area contributed by atoms with Crippen LogP contribution in [0.4, 0.5) is 0 Å². The predicted molar refractivity (Wildman–Crippen MR) is 82.4 cm³/mol. The van der Waals surface area contributed by atoms with Crippen LogP contribution >= 0.6 is 0 Å². The molecule has 1 atom stereocenters. The fourth-order valence-electron chi connectivity index (χ4n) is 2.44. The Bertz CT molecular complexity index is 574. The summed E-state index contributed by atoms with van der Waals surface area (Å²) in [6.07, 6.45) is 2.84. The predicted octanol–water partition coefficient (Wildman–Crippen LogP) is 2.42. The normalized spacial score (nSPS) is 12.8. The van der Waals surface area contributed by atoms with Crippen molar-refractivity contribution in [1.29, 1.82) is 0 Å². The molecule has 0 fully saturated rings. The molecule has 4 heteroatoms. The second-order valence-corrected chi connectivity index (χ2v) is 5.54. The van der Waals surface area contributed by atoms with Gasteiger partial charge < -0.3 is 15.6 Å². The third-order valence-electron chi connectivity index (χ3n) is 3.48. The van der Waals surface area contributed by atoms with Crippen molar-refractivity contribution < 1.29 is 4.79 Å². The molecule has 0 saturated heterocycles.